The molecule has 8 heteroatoms. The van der Waals surface area contributed by atoms with Gasteiger partial charge in [-0.25, -0.2) is 0 Å². The molecule has 0 N–H and O–H groups in total. The third kappa shape index (κ3) is 5.75. The number of hydrogen-bond donors (Lipinski definition) is 0. The van der Waals surface area contributed by atoms with Gasteiger partial charge in [0.05, 0.1) is 16.3 Å². The Kier molecular flexibility index (Phi) is 5.03. The van der Waals surface area contributed by atoms with E-state index in [4.69, 9.17) is 0 Å². The maximum atomic E-state index is 10.4. The largest absolute Gasteiger partial charge is 0.269 e. The molecular formula is C9H13N3O2S2Si. The highest BCUT2D eigenvalue weighted by molar-refractivity contribution is 8.01. The number of non-ortho nitro benzene ring substituents is 1. The van der Waals surface area contributed by atoms with Crippen LogP contribution in [-0.4, -0.2) is 13.2 Å². The number of benzene rings is 1. The first-order valence-corrected chi connectivity index (χ1v) is 9.84. The summed E-state index contributed by atoms with van der Waals surface area (Å²) < 4.78 is 8.51. The van der Waals surface area contributed by atoms with Gasteiger partial charge in [0.15, 0.2) is 8.24 Å². The first kappa shape index (κ1) is 14.1. The highest BCUT2D eigenvalue weighted by atomic mass is 32.2. The minimum absolute atomic E-state index is 0.0915. The van der Waals surface area contributed by atoms with Crippen molar-refractivity contribution in [2.45, 2.75) is 24.5 Å². The van der Waals surface area contributed by atoms with Crippen molar-refractivity contribution in [3.8, 4) is 0 Å². The normalized spacial score (nSPS) is 10.8. The summed E-state index contributed by atoms with van der Waals surface area (Å²) in [5.41, 5.74) is 0.0915. The second-order valence-corrected chi connectivity index (χ2v) is 10.7. The Hall–Kier alpha value is -0.993. The fraction of sp³-hybridized carbons (Fsp3) is 0.333. The van der Waals surface area contributed by atoms with Crippen molar-refractivity contribution < 1.29 is 4.92 Å². The van der Waals surface area contributed by atoms with Crippen molar-refractivity contribution in [1.82, 2.24) is 0 Å². The van der Waals surface area contributed by atoms with Crippen molar-refractivity contribution in [2.24, 2.45) is 7.80 Å². The zero-order valence-corrected chi connectivity index (χ0v) is 12.4. The van der Waals surface area contributed by atoms with Crippen LogP contribution >= 0.6 is 11.9 Å². The molecule has 0 spiro atoms. The summed E-state index contributed by atoms with van der Waals surface area (Å²) in [5, 5.41) is 10.4. The van der Waals surface area contributed by atoms with Crippen LogP contribution in [0.25, 0.3) is 0 Å². The van der Waals surface area contributed by atoms with Gasteiger partial charge in [0.2, 0.25) is 0 Å². The molecule has 1 rings (SSSR count). The summed E-state index contributed by atoms with van der Waals surface area (Å²) >= 11 is 2.48. The molecule has 0 unspecified atom stereocenters. The van der Waals surface area contributed by atoms with Crippen molar-refractivity contribution >= 4 is 37.2 Å². The summed E-state index contributed by atoms with van der Waals surface area (Å²) in [4.78, 5) is 10.9. The van der Waals surface area contributed by atoms with Crippen LogP contribution in [0.15, 0.2) is 37.0 Å². The van der Waals surface area contributed by atoms with Crippen LogP contribution in [0.2, 0.25) is 19.6 Å². The minimum atomic E-state index is -1.43. The van der Waals surface area contributed by atoms with E-state index in [1.54, 1.807) is 12.1 Å². The van der Waals surface area contributed by atoms with Crippen LogP contribution in [-0.2, 0) is 11.4 Å². The highest BCUT2D eigenvalue weighted by Crippen LogP contribution is 2.21. The Bertz CT molecular complexity index is 464. The topological polar surface area (TPSA) is 67.9 Å². The summed E-state index contributed by atoms with van der Waals surface area (Å²) in [6, 6.07) is 6.30. The molecule has 0 aliphatic heterocycles. The predicted molar refractivity (Wildman–Crippen MR) is 74.5 cm³/mol. The SMILES string of the molecule is C[Si](C)(C)N=S=NSc1ccc([N+](=O)[O-])cc1. The number of nitrogens with zero attached hydrogens (tertiary/aromatic N) is 3. The summed E-state index contributed by atoms with van der Waals surface area (Å²) in [7, 11) is -1.43. The molecule has 0 aliphatic rings. The molecule has 1 aromatic carbocycles. The maximum Gasteiger partial charge on any atom is 0.269 e. The molecule has 1 aromatic rings. The minimum Gasteiger partial charge on any atom is -0.258 e. The standard InChI is InChI=1S/C9H13N3O2S2Si/c1-17(2,3)11-16-10-15-9-6-4-8(5-7-9)12(13)14/h4-7H,1-3H3. The number of nitro groups is 1. The van der Waals surface area contributed by atoms with E-state index in [1.807, 2.05) is 0 Å². The van der Waals surface area contributed by atoms with Gasteiger partial charge in [-0.15, -0.1) is 3.77 Å². The molecule has 0 aromatic heterocycles. The average Bonchev–Trinajstić information content (AvgIpc) is 2.24. The summed E-state index contributed by atoms with van der Waals surface area (Å²) in [6.45, 7) is 6.39. The zero-order valence-electron chi connectivity index (χ0n) is 9.78. The molecule has 0 saturated carbocycles. The van der Waals surface area contributed by atoms with Crippen LogP contribution in [0.3, 0.4) is 0 Å². The van der Waals surface area contributed by atoms with Crippen molar-refractivity contribution in [3.63, 3.8) is 0 Å². The molecule has 0 radical (unpaired) electrons. The smallest absolute Gasteiger partial charge is 0.258 e. The van der Waals surface area contributed by atoms with E-state index in [2.05, 4.69) is 27.4 Å². The molecule has 92 valence electrons. The second kappa shape index (κ2) is 6.08. The van der Waals surface area contributed by atoms with E-state index in [0.717, 1.165) is 4.90 Å². The van der Waals surface area contributed by atoms with E-state index < -0.39 is 13.2 Å². The highest BCUT2D eigenvalue weighted by Gasteiger charge is 2.09. The fourth-order valence-electron chi connectivity index (χ4n) is 0.828. The van der Waals surface area contributed by atoms with Gasteiger partial charge in [-0.2, -0.15) is 0 Å². The number of rotatable bonds is 4. The molecule has 0 fully saturated rings. The number of hydrogen-bond acceptors (Lipinski definition) is 5. The maximum absolute atomic E-state index is 10.4. The molecule has 0 saturated heterocycles. The molecule has 0 bridgehead atoms. The van der Waals surface area contributed by atoms with Crippen molar-refractivity contribution in [1.29, 1.82) is 0 Å². The Balaban J connectivity index is 2.65. The van der Waals surface area contributed by atoms with E-state index in [1.165, 1.54) is 35.4 Å². The molecule has 0 atom stereocenters. The van der Waals surface area contributed by atoms with Gasteiger partial charge in [-0.05, 0) is 31.8 Å². The quantitative estimate of drug-likeness (QED) is 0.365. The van der Waals surface area contributed by atoms with Gasteiger partial charge in [0, 0.05) is 29.0 Å². The predicted octanol–water partition coefficient (Wildman–Crippen LogP) is 3.89. The van der Waals surface area contributed by atoms with Crippen LogP contribution in [0, 0.1) is 10.1 Å². The Morgan fingerprint density at radius 2 is 1.82 bits per heavy atom. The molecule has 0 heterocycles. The first-order valence-electron chi connectivity index (χ1n) is 4.89. The fourth-order valence-corrected chi connectivity index (χ4v) is 2.98. The van der Waals surface area contributed by atoms with Crippen LogP contribution in [0.1, 0.15) is 0 Å². The van der Waals surface area contributed by atoms with Gasteiger partial charge < -0.3 is 0 Å². The van der Waals surface area contributed by atoms with Crippen molar-refractivity contribution in [3.05, 3.63) is 34.4 Å². The summed E-state index contributed by atoms with van der Waals surface area (Å²) in [5.74, 6) is 0. The van der Waals surface area contributed by atoms with Crippen molar-refractivity contribution in [2.75, 3.05) is 0 Å². The monoisotopic (exact) mass is 287 g/mol. The molecule has 0 amide bonds. The van der Waals surface area contributed by atoms with Gasteiger partial charge in [-0.3, -0.25) is 14.1 Å². The van der Waals surface area contributed by atoms with E-state index >= 15 is 0 Å². The average molecular weight is 287 g/mol. The van der Waals surface area contributed by atoms with Gasteiger partial charge in [0.1, 0.15) is 0 Å². The molecule has 17 heavy (non-hydrogen) atoms. The third-order valence-electron chi connectivity index (χ3n) is 1.54. The zero-order chi connectivity index (χ0) is 12.9. The van der Waals surface area contributed by atoms with E-state index in [9.17, 15) is 10.1 Å². The lowest BCUT2D eigenvalue weighted by atomic mass is 10.3. The Morgan fingerprint density at radius 1 is 1.24 bits per heavy atom. The van der Waals surface area contributed by atoms with Crippen LogP contribution in [0.5, 0.6) is 0 Å². The van der Waals surface area contributed by atoms with Crippen LogP contribution < -0.4 is 0 Å². The first-order chi connectivity index (χ1) is 7.88. The Labute approximate surface area is 109 Å². The lowest BCUT2D eigenvalue weighted by Crippen LogP contribution is -2.14. The molecule has 0 aliphatic carbocycles. The van der Waals surface area contributed by atoms with Gasteiger partial charge in [-0.1, -0.05) is 0 Å². The summed E-state index contributed by atoms with van der Waals surface area (Å²) in [6.07, 6.45) is 0. The van der Waals surface area contributed by atoms with Gasteiger partial charge in [0.25, 0.3) is 5.69 Å². The second-order valence-electron chi connectivity index (χ2n) is 4.26. The third-order valence-corrected chi connectivity index (χ3v) is 5.10. The Morgan fingerprint density at radius 3 is 2.29 bits per heavy atom. The lowest BCUT2D eigenvalue weighted by molar-refractivity contribution is -0.384. The lowest BCUT2D eigenvalue weighted by Gasteiger charge is -2.02. The van der Waals surface area contributed by atoms with E-state index in [-0.39, 0.29) is 5.69 Å². The van der Waals surface area contributed by atoms with Crippen LogP contribution in [0.4, 0.5) is 5.69 Å². The van der Waals surface area contributed by atoms with Gasteiger partial charge >= 0.3 is 0 Å². The van der Waals surface area contributed by atoms with E-state index in [0.29, 0.717) is 0 Å². The molecular weight excluding hydrogens is 274 g/mol. The molecule has 5 nitrogen and oxygen atoms in total. The number of nitro benzene ring substituents is 1.